The van der Waals surface area contributed by atoms with Crippen LogP contribution in [0.3, 0.4) is 0 Å². The van der Waals surface area contributed by atoms with Gasteiger partial charge in [-0.2, -0.15) is 0 Å². The number of carbonyl (C=O) groups excluding carboxylic acids is 2. The van der Waals surface area contributed by atoms with Crippen molar-refractivity contribution in [2.45, 2.75) is 45.1 Å². The molecule has 7 heteroatoms. The van der Waals surface area contributed by atoms with Crippen LogP contribution in [0.2, 0.25) is 5.02 Å². The number of halogens is 1. The molecule has 1 saturated heterocycles. The molecule has 1 fully saturated rings. The van der Waals surface area contributed by atoms with Crippen LogP contribution in [-0.4, -0.2) is 36.0 Å². The van der Waals surface area contributed by atoms with Crippen LogP contribution in [0.25, 0.3) is 0 Å². The molecule has 0 saturated carbocycles. The van der Waals surface area contributed by atoms with Crippen LogP contribution in [0.15, 0.2) is 18.2 Å². The number of anilines is 1. The zero-order valence-electron chi connectivity index (χ0n) is 13.9. The average molecular weight is 354 g/mol. The number of ether oxygens (including phenoxy) is 1. The fraction of sp³-hybridized carbons (Fsp3) is 0.529. The summed E-state index contributed by atoms with van der Waals surface area (Å²) in [5.74, 6) is 0.0762. The minimum absolute atomic E-state index is 0.157. The Morgan fingerprint density at radius 1 is 1.42 bits per heavy atom. The summed E-state index contributed by atoms with van der Waals surface area (Å²) >= 11 is 6.18. The molecule has 3 N–H and O–H groups in total. The zero-order chi connectivity index (χ0) is 17.5. The highest BCUT2D eigenvalue weighted by molar-refractivity contribution is 6.32. The van der Waals surface area contributed by atoms with E-state index in [2.05, 4.69) is 5.32 Å². The molecule has 1 aliphatic heterocycles. The first-order valence-corrected chi connectivity index (χ1v) is 8.68. The number of rotatable bonds is 6. The van der Waals surface area contributed by atoms with Crippen LogP contribution in [0.5, 0.6) is 5.75 Å². The molecule has 0 bridgehead atoms. The van der Waals surface area contributed by atoms with E-state index in [1.165, 1.54) is 0 Å². The molecule has 0 aliphatic carbocycles. The van der Waals surface area contributed by atoms with Crippen molar-refractivity contribution in [3.63, 3.8) is 0 Å². The first-order chi connectivity index (χ1) is 11.5. The Morgan fingerprint density at radius 2 is 2.21 bits per heavy atom. The zero-order valence-corrected chi connectivity index (χ0v) is 14.6. The SMILES string of the molecule is CCCOc1c(Cl)cccc1NC(=O)N1CCCCC1CC(N)=O. The Hall–Kier alpha value is -1.95. The molecule has 24 heavy (non-hydrogen) atoms. The molecule has 1 unspecified atom stereocenters. The largest absolute Gasteiger partial charge is 0.490 e. The van der Waals surface area contributed by atoms with Crippen LogP contribution < -0.4 is 15.8 Å². The lowest BCUT2D eigenvalue weighted by molar-refractivity contribution is -0.119. The van der Waals surface area contributed by atoms with Crippen molar-refractivity contribution in [2.24, 2.45) is 5.73 Å². The molecule has 1 heterocycles. The standard InChI is InChI=1S/C17H24ClN3O3/c1-2-10-24-16-13(18)7-5-8-14(16)20-17(23)21-9-4-3-6-12(21)11-15(19)22/h5,7-8,12H,2-4,6,9-11H2,1H3,(H2,19,22)(H,20,23). The molecule has 3 amide bonds. The Kier molecular flexibility index (Phi) is 6.73. The maximum Gasteiger partial charge on any atom is 0.322 e. The van der Waals surface area contributed by atoms with Crippen LogP contribution in [0, 0.1) is 0 Å². The Bertz CT molecular complexity index is 594. The number of primary amides is 1. The van der Waals surface area contributed by atoms with E-state index in [1.807, 2.05) is 6.92 Å². The number of piperidine rings is 1. The van der Waals surface area contributed by atoms with Crippen LogP contribution in [-0.2, 0) is 4.79 Å². The van der Waals surface area contributed by atoms with Gasteiger partial charge in [-0.15, -0.1) is 0 Å². The summed E-state index contributed by atoms with van der Waals surface area (Å²) in [6, 6.07) is 4.81. The van der Waals surface area contributed by atoms with E-state index in [1.54, 1.807) is 23.1 Å². The number of hydrogen-bond donors (Lipinski definition) is 2. The summed E-state index contributed by atoms with van der Waals surface area (Å²) < 4.78 is 5.66. The summed E-state index contributed by atoms with van der Waals surface area (Å²) in [6.45, 7) is 3.12. The average Bonchev–Trinajstić information content (AvgIpc) is 2.54. The molecule has 1 aliphatic rings. The van der Waals surface area contributed by atoms with Crippen molar-refractivity contribution in [1.82, 2.24) is 4.90 Å². The van der Waals surface area contributed by atoms with Crippen molar-refractivity contribution in [1.29, 1.82) is 0 Å². The fourth-order valence-corrected chi connectivity index (χ4v) is 3.09. The summed E-state index contributed by atoms with van der Waals surface area (Å²) in [4.78, 5) is 25.6. The predicted octanol–water partition coefficient (Wildman–Crippen LogP) is 3.39. The molecule has 0 radical (unpaired) electrons. The third-order valence-corrected chi connectivity index (χ3v) is 4.28. The summed E-state index contributed by atoms with van der Waals surface area (Å²) in [6.07, 6.45) is 3.71. The number of nitrogens with two attached hydrogens (primary N) is 1. The number of urea groups is 1. The van der Waals surface area contributed by atoms with Crippen LogP contribution >= 0.6 is 11.6 Å². The highest BCUT2D eigenvalue weighted by atomic mass is 35.5. The van der Waals surface area contributed by atoms with E-state index in [0.717, 1.165) is 25.7 Å². The summed E-state index contributed by atoms with van der Waals surface area (Å²) in [7, 11) is 0. The van der Waals surface area contributed by atoms with Gasteiger partial charge in [-0.1, -0.05) is 24.6 Å². The lowest BCUT2D eigenvalue weighted by Crippen LogP contribution is -2.47. The van der Waals surface area contributed by atoms with E-state index in [9.17, 15) is 9.59 Å². The van der Waals surface area contributed by atoms with Gasteiger partial charge in [0.1, 0.15) is 0 Å². The molecule has 6 nitrogen and oxygen atoms in total. The van der Waals surface area contributed by atoms with Gasteiger partial charge in [0.2, 0.25) is 5.91 Å². The molecule has 1 aromatic carbocycles. The number of para-hydroxylation sites is 1. The van der Waals surface area contributed by atoms with Crippen molar-refractivity contribution in [3.8, 4) is 5.75 Å². The van der Waals surface area contributed by atoms with Gasteiger partial charge < -0.3 is 20.7 Å². The molecule has 1 atom stereocenters. The minimum atomic E-state index is -0.394. The smallest absolute Gasteiger partial charge is 0.322 e. The first-order valence-electron chi connectivity index (χ1n) is 8.30. The number of amides is 3. The number of carbonyl (C=O) groups is 2. The van der Waals surface area contributed by atoms with Gasteiger partial charge in [0, 0.05) is 19.0 Å². The van der Waals surface area contributed by atoms with Gasteiger partial charge in [0.15, 0.2) is 5.75 Å². The van der Waals surface area contributed by atoms with Gasteiger partial charge in [-0.25, -0.2) is 4.79 Å². The lowest BCUT2D eigenvalue weighted by atomic mass is 9.99. The highest BCUT2D eigenvalue weighted by Gasteiger charge is 2.28. The third kappa shape index (κ3) is 4.77. The third-order valence-electron chi connectivity index (χ3n) is 3.98. The van der Waals surface area contributed by atoms with Crippen molar-refractivity contribution in [3.05, 3.63) is 23.2 Å². The molecule has 1 aromatic rings. The van der Waals surface area contributed by atoms with Crippen molar-refractivity contribution < 1.29 is 14.3 Å². The fourth-order valence-electron chi connectivity index (χ4n) is 2.86. The van der Waals surface area contributed by atoms with Gasteiger partial charge in [0.05, 0.1) is 17.3 Å². The monoisotopic (exact) mass is 353 g/mol. The second-order valence-corrected chi connectivity index (χ2v) is 6.32. The van der Waals surface area contributed by atoms with Gasteiger partial charge in [-0.05, 0) is 37.8 Å². The lowest BCUT2D eigenvalue weighted by Gasteiger charge is -2.35. The van der Waals surface area contributed by atoms with Crippen LogP contribution in [0.4, 0.5) is 10.5 Å². The second kappa shape index (κ2) is 8.78. The molecule has 132 valence electrons. The molecule has 0 spiro atoms. The quantitative estimate of drug-likeness (QED) is 0.822. The molecule has 2 rings (SSSR count). The van der Waals surface area contributed by atoms with E-state index in [0.29, 0.717) is 29.6 Å². The predicted molar refractivity (Wildman–Crippen MR) is 94.4 cm³/mol. The van der Waals surface area contributed by atoms with Crippen LogP contribution in [0.1, 0.15) is 39.0 Å². The highest BCUT2D eigenvalue weighted by Crippen LogP contribution is 2.33. The topological polar surface area (TPSA) is 84.7 Å². The Balaban J connectivity index is 2.13. The number of nitrogens with zero attached hydrogens (tertiary/aromatic N) is 1. The second-order valence-electron chi connectivity index (χ2n) is 5.91. The maximum absolute atomic E-state index is 12.7. The number of likely N-dealkylation sites (tertiary alicyclic amines) is 1. The first kappa shape index (κ1) is 18.4. The molecular weight excluding hydrogens is 330 g/mol. The number of benzene rings is 1. The van der Waals surface area contributed by atoms with Crippen molar-refractivity contribution in [2.75, 3.05) is 18.5 Å². The number of hydrogen-bond acceptors (Lipinski definition) is 3. The Labute approximate surface area is 147 Å². The van der Waals surface area contributed by atoms with Gasteiger partial charge >= 0.3 is 6.03 Å². The van der Waals surface area contributed by atoms with E-state index >= 15 is 0 Å². The van der Waals surface area contributed by atoms with Gasteiger partial charge in [-0.3, -0.25) is 4.79 Å². The summed E-state index contributed by atoms with van der Waals surface area (Å²) in [5, 5.41) is 3.31. The van der Waals surface area contributed by atoms with E-state index < -0.39 is 5.91 Å². The molecular formula is C17H24ClN3O3. The molecule has 0 aromatic heterocycles. The van der Waals surface area contributed by atoms with E-state index in [-0.39, 0.29) is 18.5 Å². The van der Waals surface area contributed by atoms with E-state index in [4.69, 9.17) is 22.1 Å². The number of nitrogens with one attached hydrogen (secondary N) is 1. The van der Waals surface area contributed by atoms with Crippen molar-refractivity contribution >= 4 is 29.2 Å². The minimum Gasteiger partial charge on any atom is -0.490 e. The maximum atomic E-state index is 12.7. The normalized spacial score (nSPS) is 17.4. The summed E-state index contributed by atoms with van der Waals surface area (Å²) in [5.41, 5.74) is 5.83. The Morgan fingerprint density at radius 3 is 2.92 bits per heavy atom. The van der Waals surface area contributed by atoms with Gasteiger partial charge in [0.25, 0.3) is 0 Å².